The van der Waals surface area contributed by atoms with Gasteiger partial charge >= 0.3 is 0 Å². The molecule has 1 fully saturated rings. The van der Waals surface area contributed by atoms with Crippen LogP contribution in [0.25, 0.3) is 10.8 Å². The number of nitrogens with one attached hydrogen (secondary N) is 1. The van der Waals surface area contributed by atoms with Gasteiger partial charge in [0.1, 0.15) is 6.04 Å². The molecule has 1 aliphatic carbocycles. The van der Waals surface area contributed by atoms with Crippen molar-refractivity contribution >= 4 is 32.6 Å². The van der Waals surface area contributed by atoms with E-state index in [0.717, 1.165) is 51.9 Å². The molecule has 218 valence electrons. The normalized spacial score (nSPS) is 14.6. The van der Waals surface area contributed by atoms with Crippen molar-refractivity contribution in [1.82, 2.24) is 14.5 Å². The summed E-state index contributed by atoms with van der Waals surface area (Å²) in [7, 11) is -2.56. The van der Waals surface area contributed by atoms with Crippen LogP contribution in [-0.4, -0.2) is 55.1 Å². The summed E-state index contributed by atoms with van der Waals surface area (Å²) in [6.45, 7) is -0.219. The first-order chi connectivity index (χ1) is 20.3. The topological polar surface area (TPSA) is 86.8 Å². The molecule has 0 radical (unpaired) electrons. The fourth-order valence-electron chi connectivity index (χ4n) is 5.58. The summed E-state index contributed by atoms with van der Waals surface area (Å²) < 4.78 is 28.3. The van der Waals surface area contributed by atoms with Gasteiger partial charge in [-0.05, 0) is 46.9 Å². The van der Waals surface area contributed by atoms with E-state index in [-0.39, 0.29) is 23.4 Å². The summed E-state index contributed by atoms with van der Waals surface area (Å²) >= 11 is 0. The molecule has 1 aliphatic rings. The smallest absolute Gasteiger partial charge is 0.243 e. The average molecular weight is 584 g/mol. The number of hydrogen-bond donors (Lipinski definition) is 1. The third kappa shape index (κ3) is 7.06. The van der Waals surface area contributed by atoms with Gasteiger partial charge in [0.25, 0.3) is 0 Å². The second-order valence-corrected chi connectivity index (χ2v) is 13.0. The predicted octanol–water partition coefficient (Wildman–Crippen LogP) is 5.16. The molecule has 42 heavy (non-hydrogen) atoms. The molecule has 0 bridgehead atoms. The molecule has 0 aliphatic heterocycles. The van der Waals surface area contributed by atoms with Crippen LogP contribution in [0.5, 0.6) is 0 Å². The van der Waals surface area contributed by atoms with E-state index >= 15 is 0 Å². The maximum atomic E-state index is 14.1. The molecule has 1 atom stereocenters. The molecule has 4 aromatic carbocycles. The number of rotatable bonds is 11. The molecular formula is C34H37N3O4S. The fourth-order valence-corrected chi connectivity index (χ4v) is 6.73. The Labute approximate surface area is 248 Å². The van der Waals surface area contributed by atoms with Gasteiger partial charge in [0.05, 0.1) is 11.4 Å². The first kappa shape index (κ1) is 29.5. The largest absolute Gasteiger partial charge is 0.352 e. The molecule has 8 heteroatoms. The Bertz CT molecular complexity index is 1620. The molecular weight excluding hydrogens is 546 g/mol. The fraction of sp³-hybridized carbons (Fsp3) is 0.294. The van der Waals surface area contributed by atoms with Crippen LogP contribution in [0.4, 0.5) is 0 Å². The average Bonchev–Trinajstić information content (AvgIpc) is 3.52. The first-order valence-electron chi connectivity index (χ1n) is 14.4. The van der Waals surface area contributed by atoms with Crippen LogP contribution in [0, 0.1) is 0 Å². The summed E-state index contributed by atoms with van der Waals surface area (Å²) in [5.74, 6) is -0.650. The van der Waals surface area contributed by atoms with Crippen LogP contribution in [-0.2, 0) is 32.6 Å². The van der Waals surface area contributed by atoms with E-state index in [2.05, 4.69) is 5.32 Å². The minimum Gasteiger partial charge on any atom is -0.352 e. The highest BCUT2D eigenvalue weighted by atomic mass is 32.2. The molecule has 0 heterocycles. The van der Waals surface area contributed by atoms with E-state index in [9.17, 15) is 18.0 Å². The Kier molecular flexibility index (Phi) is 9.35. The van der Waals surface area contributed by atoms with Crippen molar-refractivity contribution in [3.8, 4) is 0 Å². The zero-order valence-corrected chi connectivity index (χ0v) is 24.7. The van der Waals surface area contributed by atoms with Gasteiger partial charge in [0, 0.05) is 26.1 Å². The van der Waals surface area contributed by atoms with Gasteiger partial charge in [-0.2, -0.15) is 4.31 Å². The predicted molar refractivity (Wildman–Crippen MR) is 165 cm³/mol. The molecule has 1 saturated carbocycles. The van der Waals surface area contributed by atoms with Crippen molar-refractivity contribution in [2.24, 2.45) is 0 Å². The lowest BCUT2D eigenvalue weighted by Gasteiger charge is -2.33. The quantitative estimate of drug-likeness (QED) is 0.264. The lowest BCUT2D eigenvalue weighted by Crippen LogP contribution is -2.54. The molecule has 0 unspecified atom stereocenters. The van der Waals surface area contributed by atoms with Crippen molar-refractivity contribution in [1.29, 1.82) is 0 Å². The lowest BCUT2D eigenvalue weighted by molar-refractivity contribution is -0.141. The third-order valence-electron chi connectivity index (χ3n) is 7.96. The Hall–Kier alpha value is -4.01. The number of likely N-dealkylation sites (N-methyl/N-ethyl adjacent to an activating group) is 1. The van der Waals surface area contributed by atoms with Gasteiger partial charge < -0.3 is 10.2 Å². The number of fused-ring (bicyclic) bond motifs is 1. The van der Waals surface area contributed by atoms with Gasteiger partial charge in [-0.25, -0.2) is 8.42 Å². The molecule has 4 aromatic rings. The molecule has 0 aromatic heterocycles. The number of nitrogens with zero attached hydrogens (tertiary/aromatic N) is 2. The third-order valence-corrected chi connectivity index (χ3v) is 9.75. The van der Waals surface area contributed by atoms with E-state index in [1.807, 2.05) is 84.9 Å². The number of hydrogen-bond acceptors (Lipinski definition) is 4. The maximum absolute atomic E-state index is 14.1. The van der Waals surface area contributed by atoms with Crippen LogP contribution in [0.15, 0.2) is 108 Å². The second kappa shape index (κ2) is 13.3. The van der Waals surface area contributed by atoms with Crippen molar-refractivity contribution < 1.29 is 18.0 Å². The summed E-state index contributed by atoms with van der Waals surface area (Å²) in [6, 6.07) is 30.9. The van der Waals surface area contributed by atoms with Gasteiger partial charge in [-0.15, -0.1) is 0 Å². The van der Waals surface area contributed by atoms with E-state index in [0.29, 0.717) is 6.42 Å². The SMILES string of the molecule is CN(CC(=O)N(Cc1ccccc1)[C@@H](Cc1ccccc1)C(=O)NC1CCCC1)S(=O)(=O)c1ccc2ccccc2c1. The Morgan fingerprint density at radius 3 is 2.07 bits per heavy atom. The Morgan fingerprint density at radius 1 is 0.810 bits per heavy atom. The Morgan fingerprint density at radius 2 is 1.40 bits per heavy atom. The van der Waals surface area contributed by atoms with Gasteiger partial charge in [-0.1, -0.05) is 104 Å². The van der Waals surface area contributed by atoms with Gasteiger partial charge in [0.15, 0.2) is 0 Å². The highest BCUT2D eigenvalue weighted by Gasteiger charge is 2.34. The lowest BCUT2D eigenvalue weighted by atomic mass is 10.0. The first-order valence-corrected chi connectivity index (χ1v) is 15.9. The summed E-state index contributed by atoms with van der Waals surface area (Å²) in [5.41, 5.74) is 1.78. The zero-order chi connectivity index (χ0) is 29.5. The minimum absolute atomic E-state index is 0.0837. The number of benzene rings is 4. The van der Waals surface area contributed by atoms with Gasteiger partial charge in [0.2, 0.25) is 21.8 Å². The highest BCUT2D eigenvalue weighted by molar-refractivity contribution is 7.89. The van der Waals surface area contributed by atoms with Crippen LogP contribution in [0.3, 0.4) is 0 Å². The summed E-state index contributed by atoms with van der Waals surface area (Å²) in [4.78, 5) is 29.6. The van der Waals surface area contributed by atoms with Crippen molar-refractivity contribution in [2.45, 2.75) is 55.6 Å². The number of amides is 2. The van der Waals surface area contributed by atoms with Crippen molar-refractivity contribution in [2.75, 3.05) is 13.6 Å². The van der Waals surface area contributed by atoms with E-state index < -0.39 is 28.5 Å². The van der Waals surface area contributed by atoms with Crippen LogP contribution in [0.2, 0.25) is 0 Å². The summed E-state index contributed by atoms with van der Waals surface area (Å²) in [6.07, 6.45) is 4.29. The monoisotopic (exact) mass is 583 g/mol. The summed E-state index contributed by atoms with van der Waals surface area (Å²) in [5, 5.41) is 4.92. The van der Waals surface area contributed by atoms with Crippen LogP contribution < -0.4 is 5.32 Å². The number of sulfonamides is 1. The van der Waals surface area contributed by atoms with Crippen molar-refractivity contribution in [3.63, 3.8) is 0 Å². The highest BCUT2D eigenvalue weighted by Crippen LogP contribution is 2.23. The Balaban J connectivity index is 1.44. The number of carbonyl (C=O) groups is 2. The maximum Gasteiger partial charge on any atom is 0.243 e. The number of carbonyl (C=O) groups excluding carboxylic acids is 2. The zero-order valence-electron chi connectivity index (χ0n) is 23.9. The molecule has 7 nitrogen and oxygen atoms in total. The molecule has 1 N–H and O–H groups in total. The molecule has 0 spiro atoms. The van der Waals surface area contributed by atoms with E-state index in [4.69, 9.17) is 0 Å². The second-order valence-electron chi connectivity index (χ2n) is 11.0. The van der Waals surface area contributed by atoms with Gasteiger partial charge in [-0.3, -0.25) is 9.59 Å². The van der Waals surface area contributed by atoms with Crippen LogP contribution in [0.1, 0.15) is 36.8 Å². The minimum atomic E-state index is -3.97. The van der Waals surface area contributed by atoms with Crippen LogP contribution >= 0.6 is 0 Å². The standard InChI is InChI=1S/C34H37N3O4S/c1-36(42(40,41)31-21-20-28-16-8-9-17-29(28)23-31)25-33(38)37(24-27-14-6-3-7-15-27)32(22-26-12-4-2-5-13-26)34(39)35-30-18-10-11-19-30/h2-9,12-17,20-21,23,30,32H,10-11,18-19,22,24-25H2,1H3,(H,35,39)/t32-/m0/s1. The van der Waals surface area contributed by atoms with Crippen molar-refractivity contribution in [3.05, 3.63) is 114 Å². The van der Waals surface area contributed by atoms with E-state index in [1.165, 1.54) is 7.05 Å². The molecule has 5 rings (SSSR count). The molecule has 0 saturated heterocycles. The molecule has 2 amide bonds. The van der Waals surface area contributed by atoms with E-state index in [1.54, 1.807) is 23.1 Å².